The fourth-order valence-corrected chi connectivity index (χ4v) is 9.01. The predicted octanol–water partition coefficient (Wildman–Crippen LogP) is 3.61. The first-order valence-corrected chi connectivity index (χ1v) is 14.1. The van der Waals surface area contributed by atoms with Crippen molar-refractivity contribution in [1.82, 2.24) is 9.80 Å². The van der Waals surface area contributed by atoms with Crippen LogP contribution in [0.2, 0.25) is 5.02 Å². The molecule has 1 spiro atoms. The smallest absolute Gasteiger partial charge is 0.251 e. The first-order valence-electron chi connectivity index (χ1n) is 12.9. The lowest BCUT2D eigenvalue weighted by atomic mass is 9.65. The molecule has 1 aromatic carbocycles. The fourth-order valence-electron chi connectivity index (χ4n) is 6.47. The van der Waals surface area contributed by atoms with Crippen LogP contribution in [0.5, 0.6) is 0 Å². The Kier molecular flexibility index (Phi) is 8.41. The monoisotopic (exact) mass is 545 g/mol. The van der Waals surface area contributed by atoms with E-state index in [4.69, 9.17) is 11.6 Å². The quantitative estimate of drug-likeness (QED) is 0.339. The minimum absolute atomic E-state index is 0.0120. The van der Waals surface area contributed by atoms with E-state index in [1.807, 2.05) is 0 Å². The maximum atomic E-state index is 14.5. The third kappa shape index (κ3) is 4.61. The van der Waals surface area contributed by atoms with Gasteiger partial charge in [-0.05, 0) is 49.4 Å². The molecule has 200 valence electrons. The van der Waals surface area contributed by atoms with E-state index in [-0.39, 0.29) is 42.0 Å². The number of fused-ring (bicyclic) bond motifs is 1. The van der Waals surface area contributed by atoms with Crippen LogP contribution >= 0.6 is 23.4 Å². The zero-order chi connectivity index (χ0) is 26.9. The normalized spacial score (nSPS) is 29.8. The first-order chi connectivity index (χ1) is 17.7. The average molecular weight is 546 g/mol. The van der Waals surface area contributed by atoms with Crippen molar-refractivity contribution < 1.29 is 19.5 Å². The molecular formula is C28H36ClN3O4S. The van der Waals surface area contributed by atoms with Gasteiger partial charge in [0.1, 0.15) is 6.04 Å². The van der Waals surface area contributed by atoms with Gasteiger partial charge in [-0.2, -0.15) is 0 Å². The van der Waals surface area contributed by atoms with Gasteiger partial charge in [-0.25, -0.2) is 0 Å². The van der Waals surface area contributed by atoms with Crippen LogP contribution < -0.4 is 4.90 Å². The number of halogens is 1. The highest BCUT2D eigenvalue weighted by atomic mass is 35.5. The lowest BCUT2D eigenvalue weighted by Crippen LogP contribution is -2.57. The van der Waals surface area contributed by atoms with E-state index in [0.717, 1.165) is 6.42 Å². The van der Waals surface area contributed by atoms with Crippen LogP contribution in [-0.2, 0) is 14.4 Å². The average Bonchev–Trinajstić information content (AvgIpc) is 3.46. The number of aliphatic hydroxyl groups excluding tert-OH is 1. The van der Waals surface area contributed by atoms with Gasteiger partial charge in [-0.15, -0.1) is 24.9 Å². The molecule has 3 saturated heterocycles. The Hall–Kier alpha value is -2.29. The van der Waals surface area contributed by atoms with E-state index < -0.39 is 22.6 Å². The number of carbonyl (C=O) groups is 3. The van der Waals surface area contributed by atoms with E-state index in [0.29, 0.717) is 36.6 Å². The molecular weight excluding hydrogens is 510 g/mol. The molecule has 3 fully saturated rings. The van der Waals surface area contributed by atoms with E-state index in [2.05, 4.69) is 20.1 Å². The van der Waals surface area contributed by atoms with Crippen LogP contribution in [0.25, 0.3) is 0 Å². The Balaban J connectivity index is 1.78. The maximum absolute atomic E-state index is 14.5. The SMILES string of the molecule is C=CCN(C)C(=O)[C@@H]1[C@@H]2CC(C)C3(S2)C(C(=O)N(CC=C)c2ccc(Cl)cc2)N(CCCCO)C(=O)[C@H]13. The molecule has 3 unspecified atom stereocenters. The molecule has 3 aliphatic rings. The van der Waals surface area contributed by atoms with Gasteiger partial charge in [0.2, 0.25) is 11.8 Å². The van der Waals surface area contributed by atoms with Gasteiger partial charge in [-0.1, -0.05) is 30.7 Å². The Morgan fingerprint density at radius 3 is 2.49 bits per heavy atom. The number of nitrogens with zero attached hydrogens (tertiary/aromatic N) is 3. The van der Waals surface area contributed by atoms with Gasteiger partial charge in [0.15, 0.2) is 0 Å². The lowest BCUT2D eigenvalue weighted by molar-refractivity contribution is -0.143. The van der Waals surface area contributed by atoms with Gasteiger partial charge in [0, 0.05) is 49.2 Å². The second-order valence-electron chi connectivity index (χ2n) is 10.2. The van der Waals surface area contributed by atoms with Gasteiger partial charge in [-0.3, -0.25) is 14.4 Å². The molecule has 1 aromatic rings. The number of amides is 3. The van der Waals surface area contributed by atoms with Crippen LogP contribution in [0.3, 0.4) is 0 Å². The van der Waals surface area contributed by atoms with E-state index in [1.165, 1.54) is 0 Å². The number of carbonyl (C=O) groups excluding carboxylic acids is 3. The number of hydrogen-bond acceptors (Lipinski definition) is 5. The molecule has 2 bridgehead atoms. The highest BCUT2D eigenvalue weighted by Crippen LogP contribution is 2.68. The molecule has 3 heterocycles. The van der Waals surface area contributed by atoms with Crippen molar-refractivity contribution in [3.05, 3.63) is 54.6 Å². The summed E-state index contributed by atoms with van der Waals surface area (Å²) >= 11 is 7.77. The Bertz CT molecular complexity index is 1070. The molecule has 3 aliphatic heterocycles. The lowest BCUT2D eigenvalue weighted by Gasteiger charge is -2.41. The number of rotatable bonds is 11. The largest absolute Gasteiger partial charge is 0.396 e. The van der Waals surface area contributed by atoms with Crippen molar-refractivity contribution in [2.24, 2.45) is 17.8 Å². The van der Waals surface area contributed by atoms with Gasteiger partial charge >= 0.3 is 0 Å². The first kappa shape index (κ1) is 27.7. The summed E-state index contributed by atoms with van der Waals surface area (Å²) in [5.74, 6) is -1.32. The standard InChI is InChI=1S/C28H36ClN3O4S/c1-5-13-30(4)25(34)22-21-17-18(3)28(37-21)23(22)26(35)32(15-7-8-16-33)24(28)27(36)31(14-6-2)20-11-9-19(29)10-12-20/h5-6,9-12,18,21-24,33H,1-2,7-8,13-17H2,3-4H3/t18?,21-,22+,23-,24?,28?/m0/s1. The van der Waals surface area contributed by atoms with Gasteiger partial charge in [0.05, 0.1) is 16.6 Å². The van der Waals surface area contributed by atoms with Gasteiger partial charge < -0.3 is 19.8 Å². The summed E-state index contributed by atoms with van der Waals surface area (Å²) in [5.41, 5.74) is 0.681. The number of anilines is 1. The summed E-state index contributed by atoms with van der Waals surface area (Å²) in [4.78, 5) is 47.2. The van der Waals surface area contributed by atoms with Crippen LogP contribution in [0.4, 0.5) is 5.69 Å². The van der Waals surface area contributed by atoms with Crippen molar-refractivity contribution >= 4 is 46.8 Å². The highest BCUT2D eigenvalue weighted by molar-refractivity contribution is 8.02. The molecule has 0 aromatic heterocycles. The molecule has 6 atom stereocenters. The Morgan fingerprint density at radius 1 is 1.19 bits per heavy atom. The Morgan fingerprint density at radius 2 is 1.86 bits per heavy atom. The summed E-state index contributed by atoms with van der Waals surface area (Å²) in [7, 11) is 1.74. The summed E-state index contributed by atoms with van der Waals surface area (Å²) in [6.07, 6.45) is 5.25. The zero-order valence-corrected chi connectivity index (χ0v) is 23.1. The molecule has 3 amide bonds. The Labute approximate surface area is 228 Å². The molecule has 1 N–H and O–H groups in total. The molecule has 37 heavy (non-hydrogen) atoms. The number of likely N-dealkylation sites (tertiary alicyclic amines) is 1. The topological polar surface area (TPSA) is 81.2 Å². The summed E-state index contributed by atoms with van der Waals surface area (Å²) < 4.78 is -0.695. The minimum Gasteiger partial charge on any atom is -0.396 e. The molecule has 4 rings (SSSR count). The third-order valence-corrected chi connectivity index (χ3v) is 10.4. The van der Waals surface area contributed by atoms with E-state index in [9.17, 15) is 19.5 Å². The molecule has 7 nitrogen and oxygen atoms in total. The van der Waals surface area contributed by atoms with Crippen LogP contribution in [-0.4, -0.2) is 82.0 Å². The molecule has 0 saturated carbocycles. The van der Waals surface area contributed by atoms with Crippen molar-refractivity contribution in [2.75, 3.05) is 38.2 Å². The summed E-state index contributed by atoms with van der Waals surface area (Å²) in [6.45, 7) is 10.8. The highest BCUT2D eigenvalue weighted by Gasteiger charge is 2.76. The van der Waals surface area contributed by atoms with Crippen LogP contribution in [0.15, 0.2) is 49.6 Å². The number of thioether (sulfide) groups is 1. The zero-order valence-electron chi connectivity index (χ0n) is 21.5. The van der Waals surface area contributed by atoms with Crippen molar-refractivity contribution in [3.8, 4) is 0 Å². The van der Waals surface area contributed by atoms with E-state index >= 15 is 0 Å². The second kappa shape index (κ2) is 11.2. The fraction of sp³-hybridized carbons (Fsp3) is 0.536. The number of unbranched alkanes of at least 4 members (excludes halogenated alkanes) is 1. The number of hydrogen-bond donors (Lipinski definition) is 1. The van der Waals surface area contributed by atoms with Gasteiger partial charge in [0.25, 0.3) is 5.91 Å². The second-order valence-corrected chi connectivity index (χ2v) is 12.2. The van der Waals surface area contributed by atoms with Crippen molar-refractivity contribution in [2.45, 2.75) is 42.2 Å². The van der Waals surface area contributed by atoms with Crippen LogP contribution in [0, 0.1) is 17.8 Å². The number of benzene rings is 1. The number of likely N-dealkylation sites (N-methyl/N-ethyl adjacent to an activating group) is 1. The molecule has 0 aliphatic carbocycles. The molecule has 9 heteroatoms. The number of aliphatic hydroxyl groups is 1. The summed E-state index contributed by atoms with van der Waals surface area (Å²) in [5, 5.41) is 9.94. The predicted molar refractivity (Wildman–Crippen MR) is 149 cm³/mol. The van der Waals surface area contributed by atoms with E-state index in [1.54, 1.807) is 69.9 Å². The van der Waals surface area contributed by atoms with Crippen molar-refractivity contribution in [1.29, 1.82) is 0 Å². The van der Waals surface area contributed by atoms with Crippen LogP contribution in [0.1, 0.15) is 26.2 Å². The molecule has 0 radical (unpaired) electrons. The maximum Gasteiger partial charge on any atom is 0.251 e. The van der Waals surface area contributed by atoms with Crippen molar-refractivity contribution in [3.63, 3.8) is 0 Å². The third-order valence-electron chi connectivity index (χ3n) is 8.07. The summed E-state index contributed by atoms with van der Waals surface area (Å²) in [6, 6.07) is 6.36. The minimum atomic E-state index is -0.716.